The number of nitrogens with one attached hydrogen (secondary N) is 1. The van der Waals surface area contributed by atoms with Gasteiger partial charge in [-0.1, -0.05) is 0 Å². The van der Waals surface area contributed by atoms with Crippen LogP contribution in [0.3, 0.4) is 0 Å². The molecule has 0 fully saturated rings. The molecule has 2 aromatic rings. The van der Waals surface area contributed by atoms with Crippen molar-refractivity contribution in [3.63, 3.8) is 0 Å². The number of ether oxygens (including phenoxy) is 1. The van der Waals surface area contributed by atoms with Crippen LogP contribution in [0.2, 0.25) is 0 Å². The molecule has 0 bridgehead atoms. The number of aromatic nitrogens is 4. The maximum absolute atomic E-state index is 12.0. The fourth-order valence-corrected chi connectivity index (χ4v) is 1.80. The Balaban J connectivity index is 2.09. The lowest BCUT2D eigenvalue weighted by molar-refractivity contribution is -0.385. The van der Waals surface area contributed by atoms with Crippen LogP contribution in [0.4, 0.5) is 11.5 Å². The number of rotatable bonds is 6. The van der Waals surface area contributed by atoms with Crippen LogP contribution in [0.15, 0.2) is 18.6 Å². The number of hydrogen-bond acceptors (Lipinski definition) is 7. The van der Waals surface area contributed by atoms with Crippen LogP contribution < -0.4 is 5.32 Å². The van der Waals surface area contributed by atoms with Crippen LogP contribution in [-0.4, -0.2) is 43.0 Å². The number of nitrogens with zero attached hydrogens (tertiary/aromatic N) is 5. The van der Waals surface area contributed by atoms with E-state index in [-0.39, 0.29) is 30.2 Å². The molecular weight excluding hydrogens is 308 g/mol. The van der Waals surface area contributed by atoms with Gasteiger partial charge in [0.1, 0.15) is 30.3 Å². The summed E-state index contributed by atoms with van der Waals surface area (Å²) in [7, 11) is 1.55. The first-order valence-corrected chi connectivity index (χ1v) is 6.58. The first kappa shape index (κ1) is 16.1. The van der Waals surface area contributed by atoms with Gasteiger partial charge < -0.3 is 10.1 Å². The second-order valence-corrected chi connectivity index (χ2v) is 4.45. The molecule has 2 aromatic heterocycles. The van der Waals surface area contributed by atoms with Gasteiger partial charge in [0.05, 0.1) is 17.7 Å². The second-order valence-electron chi connectivity index (χ2n) is 4.45. The van der Waals surface area contributed by atoms with E-state index in [1.165, 1.54) is 10.9 Å². The molecule has 0 saturated carbocycles. The van der Waals surface area contributed by atoms with Crippen molar-refractivity contribution in [2.24, 2.45) is 7.05 Å². The van der Waals surface area contributed by atoms with Crippen LogP contribution >= 0.6 is 0 Å². The van der Waals surface area contributed by atoms with Crippen molar-refractivity contribution in [2.45, 2.75) is 13.5 Å². The molecule has 23 heavy (non-hydrogen) atoms. The lowest BCUT2D eigenvalue weighted by atomic mass is 10.3. The topological polar surface area (TPSA) is 134 Å². The average molecular weight is 322 g/mol. The Hall–Kier alpha value is -3.24. The molecular formula is C12H14N6O5. The molecule has 2 rings (SSSR count). The molecule has 11 nitrogen and oxygen atoms in total. The predicted octanol–water partition coefficient (Wildman–Crippen LogP) is 0.340. The smallest absolute Gasteiger partial charge is 0.343 e. The van der Waals surface area contributed by atoms with E-state index in [4.69, 9.17) is 4.74 Å². The molecule has 0 aromatic carbocycles. The molecule has 122 valence electrons. The third-order valence-corrected chi connectivity index (χ3v) is 2.83. The van der Waals surface area contributed by atoms with E-state index in [0.29, 0.717) is 0 Å². The highest BCUT2D eigenvalue weighted by Gasteiger charge is 2.19. The Morgan fingerprint density at radius 2 is 2.13 bits per heavy atom. The molecule has 0 radical (unpaired) electrons. The molecule has 0 spiro atoms. The van der Waals surface area contributed by atoms with Crippen molar-refractivity contribution in [1.82, 2.24) is 19.6 Å². The molecule has 0 unspecified atom stereocenters. The molecule has 1 N–H and O–H groups in total. The molecule has 0 aliphatic carbocycles. The fourth-order valence-electron chi connectivity index (χ4n) is 1.80. The molecule has 0 atom stereocenters. The number of carbonyl (C=O) groups is 2. The zero-order chi connectivity index (χ0) is 17.0. The standard InChI is InChI=1S/C12H14N6O5/c1-3-23-12(20)9-5-13-16(2)11(9)15-10(19)7-17-6-8(4-14-17)18(21)22/h4-6H,3,7H2,1-2H3,(H,15,19). The first-order valence-electron chi connectivity index (χ1n) is 6.58. The lowest BCUT2D eigenvalue weighted by Crippen LogP contribution is -2.22. The molecule has 11 heteroatoms. The van der Waals surface area contributed by atoms with Gasteiger partial charge in [0.2, 0.25) is 5.91 Å². The van der Waals surface area contributed by atoms with Gasteiger partial charge in [-0.3, -0.25) is 24.3 Å². The molecule has 2 heterocycles. The highest BCUT2D eigenvalue weighted by molar-refractivity contribution is 6.00. The summed E-state index contributed by atoms with van der Waals surface area (Å²) in [6.07, 6.45) is 3.46. The summed E-state index contributed by atoms with van der Waals surface area (Å²) in [5, 5.41) is 20.7. The third-order valence-electron chi connectivity index (χ3n) is 2.83. The lowest BCUT2D eigenvalue weighted by Gasteiger charge is -2.08. The summed E-state index contributed by atoms with van der Waals surface area (Å²) in [6.45, 7) is 1.61. The van der Waals surface area contributed by atoms with E-state index in [2.05, 4.69) is 15.5 Å². The number of hydrogen-bond donors (Lipinski definition) is 1. The summed E-state index contributed by atoms with van der Waals surface area (Å²) in [4.78, 5) is 33.7. The number of carbonyl (C=O) groups excluding carboxylic acids is 2. The highest BCUT2D eigenvalue weighted by atomic mass is 16.6. The van der Waals surface area contributed by atoms with Gasteiger partial charge in [-0.05, 0) is 6.92 Å². The zero-order valence-corrected chi connectivity index (χ0v) is 12.4. The SMILES string of the molecule is CCOC(=O)c1cnn(C)c1NC(=O)Cn1cc([N+](=O)[O-])cn1. The van der Waals surface area contributed by atoms with Crippen molar-refractivity contribution in [3.8, 4) is 0 Å². The van der Waals surface area contributed by atoms with Crippen LogP contribution in [0.5, 0.6) is 0 Å². The van der Waals surface area contributed by atoms with Gasteiger partial charge in [0.25, 0.3) is 0 Å². The van der Waals surface area contributed by atoms with Gasteiger partial charge in [0.15, 0.2) is 0 Å². The minimum atomic E-state index is -0.610. The quantitative estimate of drug-likeness (QED) is 0.460. The number of anilines is 1. The molecule has 0 aliphatic heterocycles. The van der Waals surface area contributed by atoms with Crippen LogP contribution in [-0.2, 0) is 23.1 Å². The first-order chi connectivity index (χ1) is 10.9. The Bertz CT molecular complexity index is 749. The van der Waals surface area contributed by atoms with Crippen LogP contribution in [0.1, 0.15) is 17.3 Å². The minimum Gasteiger partial charge on any atom is -0.462 e. The molecule has 0 saturated heterocycles. The van der Waals surface area contributed by atoms with Crippen LogP contribution in [0.25, 0.3) is 0 Å². The Morgan fingerprint density at radius 1 is 1.39 bits per heavy atom. The predicted molar refractivity (Wildman–Crippen MR) is 76.7 cm³/mol. The highest BCUT2D eigenvalue weighted by Crippen LogP contribution is 2.15. The zero-order valence-electron chi connectivity index (χ0n) is 12.4. The van der Waals surface area contributed by atoms with Crippen LogP contribution in [0, 0.1) is 10.1 Å². The number of nitro groups is 1. The summed E-state index contributed by atoms with van der Waals surface area (Å²) in [5.74, 6) is -0.946. The van der Waals surface area contributed by atoms with E-state index in [0.717, 1.165) is 17.1 Å². The average Bonchev–Trinajstić information content (AvgIpc) is 3.07. The van der Waals surface area contributed by atoms with E-state index in [9.17, 15) is 19.7 Å². The fraction of sp³-hybridized carbons (Fsp3) is 0.333. The molecule has 0 aliphatic rings. The van der Waals surface area contributed by atoms with Crippen molar-refractivity contribution >= 4 is 23.4 Å². The Morgan fingerprint density at radius 3 is 2.74 bits per heavy atom. The minimum absolute atomic E-state index is 0.120. The largest absolute Gasteiger partial charge is 0.462 e. The monoisotopic (exact) mass is 322 g/mol. The second kappa shape index (κ2) is 6.68. The van der Waals surface area contributed by atoms with E-state index >= 15 is 0 Å². The molecule has 1 amide bonds. The third kappa shape index (κ3) is 3.70. The van der Waals surface area contributed by atoms with Crippen molar-refractivity contribution < 1.29 is 19.2 Å². The van der Waals surface area contributed by atoms with E-state index in [1.807, 2.05) is 0 Å². The Labute approximate surface area is 130 Å². The summed E-state index contributed by atoms with van der Waals surface area (Å²) >= 11 is 0. The van der Waals surface area contributed by atoms with Gasteiger partial charge in [-0.25, -0.2) is 4.79 Å². The summed E-state index contributed by atoms with van der Waals surface area (Å²) in [6, 6.07) is 0. The number of aryl methyl sites for hydroxylation is 1. The summed E-state index contributed by atoms with van der Waals surface area (Å²) < 4.78 is 7.31. The van der Waals surface area contributed by atoms with Gasteiger partial charge in [-0.15, -0.1) is 0 Å². The van der Waals surface area contributed by atoms with Gasteiger partial charge in [-0.2, -0.15) is 10.2 Å². The van der Waals surface area contributed by atoms with Gasteiger partial charge in [0, 0.05) is 7.05 Å². The number of esters is 1. The van der Waals surface area contributed by atoms with E-state index in [1.54, 1.807) is 14.0 Å². The maximum Gasteiger partial charge on any atom is 0.343 e. The maximum atomic E-state index is 12.0. The Kier molecular flexibility index (Phi) is 4.69. The number of amides is 1. The van der Waals surface area contributed by atoms with Crippen molar-refractivity contribution in [3.05, 3.63) is 34.3 Å². The van der Waals surface area contributed by atoms with E-state index < -0.39 is 16.8 Å². The summed E-state index contributed by atoms with van der Waals surface area (Å²) in [5.41, 5.74) is -0.0975. The normalized spacial score (nSPS) is 10.3. The van der Waals surface area contributed by atoms with Crippen molar-refractivity contribution in [1.29, 1.82) is 0 Å². The van der Waals surface area contributed by atoms with Gasteiger partial charge >= 0.3 is 11.7 Å². The van der Waals surface area contributed by atoms with Crippen molar-refractivity contribution in [2.75, 3.05) is 11.9 Å².